The van der Waals surface area contributed by atoms with E-state index in [4.69, 9.17) is 9.84 Å². The second kappa shape index (κ2) is 8.73. The Balaban J connectivity index is 2.16. The molecule has 0 bridgehead atoms. The minimum absolute atomic E-state index is 0.221. The number of carboxylic acid groups (broad SMARTS) is 1. The number of hydrogen-bond acceptors (Lipinski definition) is 3. The molecular weight excluding hydrogens is 290 g/mol. The molecule has 0 saturated carbocycles. The molecule has 120 valence electrons. The number of aromatic nitrogens is 1. The standard InChI is InChI=1S/C19H21NO3/c1-23-17-11-9-15(10-12-17)18(16-6-5-13-20-14-16)7-3-2-4-8-19(21)22/h5-7,9-14H,2-4,8H2,1H3,(H,21,22). The van der Waals surface area contributed by atoms with Crippen molar-refractivity contribution in [2.75, 3.05) is 7.11 Å². The van der Waals surface area contributed by atoms with Crippen molar-refractivity contribution in [2.45, 2.75) is 25.7 Å². The van der Waals surface area contributed by atoms with Crippen LogP contribution in [-0.4, -0.2) is 23.2 Å². The number of methoxy groups -OCH3 is 1. The van der Waals surface area contributed by atoms with Crippen molar-refractivity contribution in [3.63, 3.8) is 0 Å². The van der Waals surface area contributed by atoms with Crippen LogP contribution >= 0.6 is 0 Å². The first-order chi connectivity index (χ1) is 11.2. The van der Waals surface area contributed by atoms with Crippen molar-refractivity contribution < 1.29 is 14.6 Å². The van der Waals surface area contributed by atoms with Crippen LogP contribution in [-0.2, 0) is 4.79 Å². The van der Waals surface area contributed by atoms with Gasteiger partial charge in [-0.1, -0.05) is 24.3 Å². The van der Waals surface area contributed by atoms with Crippen molar-refractivity contribution in [3.05, 3.63) is 66.0 Å². The minimum atomic E-state index is -0.739. The number of aliphatic carboxylic acids is 1. The van der Waals surface area contributed by atoms with E-state index in [1.54, 1.807) is 13.3 Å². The maximum Gasteiger partial charge on any atom is 0.303 e. The van der Waals surface area contributed by atoms with Crippen molar-refractivity contribution in [3.8, 4) is 5.75 Å². The molecule has 1 aromatic heterocycles. The van der Waals surface area contributed by atoms with Crippen molar-refractivity contribution in [2.24, 2.45) is 0 Å². The van der Waals surface area contributed by atoms with Gasteiger partial charge in [0.25, 0.3) is 0 Å². The van der Waals surface area contributed by atoms with Gasteiger partial charge in [-0.3, -0.25) is 9.78 Å². The number of ether oxygens (including phenoxy) is 1. The lowest BCUT2D eigenvalue weighted by Crippen LogP contribution is -1.93. The molecule has 0 aliphatic carbocycles. The van der Waals surface area contributed by atoms with E-state index in [-0.39, 0.29) is 6.42 Å². The van der Waals surface area contributed by atoms with E-state index < -0.39 is 5.97 Å². The smallest absolute Gasteiger partial charge is 0.303 e. The highest BCUT2D eigenvalue weighted by molar-refractivity contribution is 5.79. The van der Waals surface area contributed by atoms with Gasteiger partial charge in [-0.25, -0.2) is 0 Å². The maximum atomic E-state index is 10.6. The minimum Gasteiger partial charge on any atom is -0.497 e. The summed E-state index contributed by atoms with van der Waals surface area (Å²) >= 11 is 0. The first kappa shape index (κ1) is 16.7. The van der Waals surface area contributed by atoms with Crippen LogP contribution in [0.5, 0.6) is 5.75 Å². The third kappa shape index (κ3) is 5.25. The van der Waals surface area contributed by atoms with E-state index in [1.165, 1.54) is 0 Å². The zero-order chi connectivity index (χ0) is 16.5. The van der Waals surface area contributed by atoms with Crippen LogP contribution in [0.2, 0.25) is 0 Å². The summed E-state index contributed by atoms with van der Waals surface area (Å²) in [6.45, 7) is 0. The third-order valence-electron chi connectivity index (χ3n) is 3.57. The van der Waals surface area contributed by atoms with E-state index in [2.05, 4.69) is 11.1 Å². The van der Waals surface area contributed by atoms with E-state index >= 15 is 0 Å². The molecule has 2 aromatic rings. The molecule has 0 unspecified atom stereocenters. The van der Waals surface area contributed by atoms with Gasteiger partial charge < -0.3 is 9.84 Å². The lowest BCUT2D eigenvalue weighted by atomic mass is 9.97. The molecule has 0 amide bonds. The van der Waals surface area contributed by atoms with Gasteiger partial charge in [-0.05, 0) is 48.6 Å². The van der Waals surface area contributed by atoms with Gasteiger partial charge in [-0.2, -0.15) is 0 Å². The predicted molar refractivity (Wildman–Crippen MR) is 90.4 cm³/mol. The predicted octanol–water partition coefficient (Wildman–Crippen LogP) is 4.17. The van der Waals surface area contributed by atoms with Gasteiger partial charge in [0.15, 0.2) is 0 Å². The van der Waals surface area contributed by atoms with Crippen LogP contribution in [0.15, 0.2) is 54.9 Å². The lowest BCUT2D eigenvalue weighted by Gasteiger charge is -2.09. The normalized spacial score (nSPS) is 11.3. The molecule has 0 atom stereocenters. The summed E-state index contributed by atoms with van der Waals surface area (Å²) in [5, 5.41) is 8.69. The Morgan fingerprint density at radius 3 is 2.57 bits per heavy atom. The molecule has 0 fully saturated rings. The number of rotatable bonds is 8. The number of carboxylic acids is 1. The number of unbranched alkanes of at least 4 members (excludes halogenated alkanes) is 2. The van der Waals surface area contributed by atoms with Gasteiger partial charge in [0.1, 0.15) is 5.75 Å². The number of allylic oxidation sites excluding steroid dienone is 1. The highest BCUT2D eigenvalue weighted by Crippen LogP contribution is 2.25. The fourth-order valence-corrected chi connectivity index (χ4v) is 2.36. The summed E-state index contributed by atoms with van der Waals surface area (Å²) in [6.07, 6.45) is 8.35. The number of nitrogens with zero attached hydrogens (tertiary/aromatic N) is 1. The van der Waals surface area contributed by atoms with Crippen molar-refractivity contribution in [1.29, 1.82) is 0 Å². The molecule has 0 aliphatic rings. The van der Waals surface area contributed by atoms with E-state index in [1.807, 2.05) is 42.6 Å². The molecule has 4 heteroatoms. The summed E-state index contributed by atoms with van der Waals surface area (Å²) in [6, 6.07) is 11.9. The Bertz CT molecular complexity index is 648. The topological polar surface area (TPSA) is 59.4 Å². The Labute approximate surface area is 136 Å². The Morgan fingerprint density at radius 2 is 1.96 bits per heavy atom. The average molecular weight is 311 g/mol. The summed E-state index contributed by atoms with van der Waals surface area (Å²) in [7, 11) is 1.65. The van der Waals surface area contributed by atoms with Crippen LogP contribution in [0.3, 0.4) is 0 Å². The fraction of sp³-hybridized carbons (Fsp3) is 0.263. The largest absolute Gasteiger partial charge is 0.497 e. The Morgan fingerprint density at radius 1 is 1.17 bits per heavy atom. The molecule has 0 spiro atoms. The highest BCUT2D eigenvalue weighted by Gasteiger charge is 2.05. The molecule has 1 aromatic carbocycles. The summed E-state index contributed by atoms with van der Waals surface area (Å²) < 4.78 is 5.20. The zero-order valence-corrected chi connectivity index (χ0v) is 13.2. The number of carbonyl (C=O) groups is 1. The zero-order valence-electron chi connectivity index (χ0n) is 13.2. The van der Waals surface area contributed by atoms with E-state index in [9.17, 15) is 4.79 Å². The lowest BCUT2D eigenvalue weighted by molar-refractivity contribution is -0.137. The Hall–Kier alpha value is -2.62. The molecule has 0 radical (unpaired) electrons. The molecule has 1 heterocycles. The van der Waals surface area contributed by atoms with Crippen LogP contribution in [0.4, 0.5) is 0 Å². The van der Waals surface area contributed by atoms with Crippen LogP contribution in [0.1, 0.15) is 36.8 Å². The second-order valence-corrected chi connectivity index (χ2v) is 5.23. The fourth-order valence-electron chi connectivity index (χ4n) is 2.36. The van der Waals surface area contributed by atoms with Crippen LogP contribution in [0.25, 0.3) is 5.57 Å². The summed E-state index contributed by atoms with van der Waals surface area (Å²) in [4.78, 5) is 14.8. The van der Waals surface area contributed by atoms with Crippen molar-refractivity contribution in [1.82, 2.24) is 4.98 Å². The van der Waals surface area contributed by atoms with Gasteiger partial charge >= 0.3 is 5.97 Å². The van der Waals surface area contributed by atoms with Crippen molar-refractivity contribution >= 4 is 11.5 Å². The molecule has 0 aliphatic heterocycles. The van der Waals surface area contributed by atoms with Gasteiger partial charge in [-0.15, -0.1) is 0 Å². The van der Waals surface area contributed by atoms with E-state index in [0.717, 1.165) is 35.3 Å². The quantitative estimate of drug-likeness (QED) is 0.743. The van der Waals surface area contributed by atoms with E-state index in [0.29, 0.717) is 6.42 Å². The molecule has 0 saturated heterocycles. The summed E-state index contributed by atoms with van der Waals surface area (Å²) in [5.41, 5.74) is 3.25. The SMILES string of the molecule is COc1ccc(C(=CCCCCC(=O)O)c2cccnc2)cc1. The highest BCUT2D eigenvalue weighted by atomic mass is 16.5. The first-order valence-corrected chi connectivity index (χ1v) is 7.67. The Kier molecular flexibility index (Phi) is 6.36. The van der Waals surface area contributed by atoms with Gasteiger partial charge in [0, 0.05) is 24.4 Å². The average Bonchev–Trinajstić information content (AvgIpc) is 2.59. The molecule has 1 N–H and O–H groups in total. The second-order valence-electron chi connectivity index (χ2n) is 5.23. The number of benzene rings is 1. The molecular formula is C19H21NO3. The first-order valence-electron chi connectivity index (χ1n) is 7.67. The monoisotopic (exact) mass is 311 g/mol. The number of hydrogen-bond donors (Lipinski definition) is 1. The molecule has 23 heavy (non-hydrogen) atoms. The van der Waals surface area contributed by atoms with Crippen LogP contribution in [0, 0.1) is 0 Å². The molecule has 2 rings (SSSR count). The van der Waals surface area contributed by atoms with Gasteiger partial charge in [0.05, 0.1) is 7.11 Å². The third-order valence-corrected chi connectivity index (χ3v) is 3.57. The maximum absolute atomic E-state index is 10.6. The summed E-state index contributed by atoms with van der Waals surface area (Å²) in [5.74, 6) is 0.0809. The van der Waals surface area contributed by atoms with Gasteiger partial charge in [0.2, 0.25) is 0 Å². The van der Waals surface area contributed by atoms with Crippen LogP contribution < -0.4 is 4.74 Å². The number of pyridine rings is 1. The molecule has 4 nitrogen and oxygen atoms in total.